The van der Waals surface area contributed by atoms with Gasteiger partial charge in [-0.05, 0) is 61.9 Å². The zero-order chi connectivity index (χ0) is 29.3. The third-order valence-electron chi connectivity index (χ3n) is 6.79. The Morgan fingerprint density at radius 1 is 0.900 bits per heavy atom. The lowest BCUT2D eigenvalue weighted by Gasteiger charge is -2.33. The van der Waals surface area contributed by atoms with Crippen LogP contribution in [0.15, 0.2) is 83.8 Å². The van der Waals surface area contributed by atoms with Crippen LogP contribution in [0.5, 0.6) is 0 Å². The van der Waals surface area contributed by atoms with Gasteiger partial charge in [0.05, 0.1) is 10.6 Å². The van der Waals surface area contributed by atoms with Crippen LogP contribution in [0.3, 0.4) is 0 Å². The maximum Gasteiger partial charge on any atom is 0.264 e. The Morgan fingerprint density at radius 2 is 1.52 bits per heavy atom. The van der Waals surface area contributed by atoms with Gasteiger partial charge in [-0.3, -0.25) is 13.9 Å². The van der Waals surface area contributed by atoms with E-state index in [1.54, 1.807) is 29.2 Å². The van der Waals surface area contributed by atoms with E-state index in [0.717, 1.165) is 16.7 Å². The summed E-state index contributed by atoms with van der Waals surface area (Å²) >= 11 is 0. The minimum Gasteiger partial charge on any atom is -0.354 e. The van der Waals surface area contributed by atoms with Crippen LogP contribution in [0.1, 0.15) is 43.9 Å². The fraction of sp³-hybridized carbons (Fsp3) is 0.375. The monoisotopic (exact) mass is 563 g/mol. The maximum atomic E-state index is 14.1. The van der Waals surface area contributed by atoms with E-state index in [2.05, 4.69) is 5.32 Å². The van der Waals surface area contributed by atoms with Crippen molar-refractivity contribution in [2.75, 3.05) is 23.9 Å². The van der Waals surface area contributed by atoms with Crippen LogP contribution in [0.4, 0.5) is 5.69 Å². The molecule has 2 amide bonds. The SMILES string of the molecule is CCC(C(=O)NCC(C)C)N(CCc1ccccc1)C(=O)CN(c1ccc(C)cc1C)S(=O)(=O)c1ccccc1. The van der Waals surface area contributed by atoms with Gasteiger partial charge < -0.3 is 10.2 Å². The number of aryl methyl sites for hydroxylation is 2. The highest BCUT2D eigenvalue weighted by molar-refractivity contribution is 7.92. The van der Waals surface area contributed by atoms with Crippen molar-refractivity contribution in [1.29, 1.82) is 0 Å². The molecule has 1 atom stereocenters. The predicted molar refractivity (Wildman–Crippen MR) is 161 cm³/mol. The van der Waals surface area contributed by atoms with Crippen molar-refractivity contribution in [1.82, 2.24) is 10.2 Å². The average Bonchev–Trinajstić information content (AvgIpc) is 2.94. The first kappa shape index (κ1) is 30.9. The summed E-state index contributed by atoms with van der Waals surface area (Å²) in [6.07, 6.45) is 0.939. The normalized spacial score (nSPS) is 12.2. The van der Waals surface area contributed by atoms with Gasteiger partial charge >= 0.3 is 0 Å². The first-order valence-corrected chi connectivity index (χ1v) is 15.2. The Morgan fingerprint density at radius 3 is 2.10 bits per heavy atom. The molecule has 0 saturated carbocycles. The number of hydrogen-bond donors (Lipinski definition) is 1. The molecule has 214 valence electrons. The van der Waals surface area contributed by atoms with Crippen LogP contribution < -0.4 is 9.62 Å². The van der Waals surface area contributed by atoms with Crippen LogP contribution in [0, 0.1) is 19.8 Å². The number of carbonyl (C=O) groups excluding carboxylic acids is 2. The van der Waals surface area contributed by atoms with Gasteiger partial charge in [0, 0.05) is 13.1 Å². The molecule has 1 unspecified atom stereocenters. The Bertz CT molecular complexity index is 1380. The maximum absolute atomic E-state index is 14.1. The minimum atomic E-state index is -4.07. The number of carbonyl (C=O) groups is 2. The van der Waals surface area contributed by atoms with Crippen molar-refractivity contribution in [2.45, 2.75) is 58.4 Å². The summed E-state index contributed by atoms with van der Waals surface area (Å²) in [7, 11) is -4.07. The van der Waals surface area contributed by atoms with Crippen molar-refractivity contribution < 1.29 is 18.0 Å². The molecule has 40 heavy (non-hydrogen) atoms. The molecule has 0 bridgehead atoms. The van der Waals surface area contributed by atoms with Crippen molar-refractivity contribution in [3.05, 3.63) is 95.6 Å². The lowest BCUT2D eigenvalue weighted by atomic mass is 10.1. The number of anilines is 1. The smallest absolute Gasteiger partial charge is 0.264 e. The average molecular weight is 564 g/mol. The largest absolute Gasteiger partial charge is 0.354 e. The molecule has 3 rings (SSSR count). The van der Waals surface area contributed by atoms with E-state index in [4.69, 9.17) is 0 Å². The molecule has 0 spiro atoms. The number of nitrogens with one attached hydrogen (secondary N) is 1. The van der Waals surface area contributed by atoms with Crippen molar-refractivity contribution in [3.63, 3.8) is 0 Å². The van der Waals surface area contributed by atoms with E-state index in [1.165, 1.54) is 16.4 Å². The molecular formula is C32H41N3O4S. The first-order chi connectivity index (χ1) is 19.0. The minimum absolute atomic E-state index is 0.0975. The summed E-state index contributed by atoms with van der Waals surface area (Å²) in [5, 5.41) is 2.96. The second kappa shape index (κ2) is 14.1. The molecule has 3 aromatic rings. The van der Waals surface area contributed by atoms with E-state index in [1.807, 2.05) is 77.1 Å². The topological polar surface area (TPSA) is 86.8 Å². The Hall–Kier alpha value is -3.65. The van der Waals surface area contributed by atoms with E-state index in [0.29, 0.717) is 25.1 Å². The summed E-state index contributed by atoms with van der Waals surface area (Å²) in [5.74, 6) is -0.408. The van der Waals surface area contributed by atoms with Gasteiger partial charge in [0.25, 0.3) is 10.0 Å². The summed E-state index contributed by atoms with van der Waals surface area (Å²) in [4.78, 5) is 29.0. The molecule has 8 heteroatoms. The highest BCUT2D eigenvalue weighted by Crippen LogP contribution is 2.28. The van der Waals surface area contributed by atoms with E-state index < -0.39 is 28.5 Å². The molecular weight excluding hydrogens is 522 g/mol. The molecule has 3 aromatic carbocycles. The van der Waals surface area contributed by atoms with Crippen LogP contribution in [-0.4, -0.2) is 50.8 Å². The van der Waals surface area contributed by atoms with Crippen LogP contribution in [0.25, 0.3) is 0 Å². The quantitative estimate of drug-likeness (QED) is 0.313. The molecule has 0 aliphatic rings. The zero-order valence-electron chi connectivity index (χ0n) is 24.1. The molecule has 0 aliphatic heterocycles. The highest BCUT2D eigenvalue weighted by atomic mass is 32.2. The number of hydrogen-bond acceptors (Lipinski definition) is 4. The standard InChI is InChI=1S/C32H41N3O4S/c1-6-29(32(37)33-22-24(2)3)34(20-19-27-13-9-7-10-14-27)31(36)23-35(30-18-17-25(4)21-26(30)5)40(38,39)28-15-11-8-12-16-28/h7-18,21,24,29H,6,19-20,22-23H2,1-5H3,(H,33,37). The number of sulfonamides is 1. The summed E-state index contributed by atoms with van der Waals surface area (Å²) in [6.45, 7) is 10.0. The fourth-order valence-corrected chi connectivity index (χ4v) is 6.14. The lowest BCUT2D eigenvalue weighted by molar-refractivity contribution is -0.139. The van der Waals surface area contributed by atoms with Crippen molar-refractivity contribution in [3.8, 4) is 0 Å². The Labute approximate surface area is 239 Å². The third-order valence-corrected chi connectivity index (χ3v) is 8.56. The Balaban J connectivity index is 2.01. The van der Waals surface area contributed by atoms with E-state index >= 15 is 0 Å². The van der Waals surface area contributed by atoms with Crippen LogP contribution in [-0.2, 0) is 26.0 Å². The van der Waals surface area contributed by atoms with Crippen molar-refractivity contribution in [2.24, 2.45) is 5.92 Å². The fourth-order valence-electron chi connectivity index (χ4n) is 4.64. The van der Waals surface area contributed by atoms with Gasteiger partial charge in [0.2, 0.25) is 11.8 Å². The van der Waals surface area contributed by atoms with Gasteiger partial charge in [-0.15, -0.1) is 0 Å². The van der Waals surface area contributed by atoms with Crippen LogP contribution >= 0.6 is 0 Å². The van der Waals surface area contributed by atoms with Gasteiger partial charge in [-0.2, -0.15) is 0 Å². The van der Waals surface area contributed by atoms with Gasteiger partial charge in [-0.25, -0.2) is 8.42 Å². The third kappa shape index (κ3) is 7.94. The van der Waals surface area contributed by atoms with Gasteiger partial charge in [0.15, 0.2) is 0 Å². The lowest BCUT2D eigenvalue weighted by Crippen LogP contribution is -2.53. The number of nitrogens with zero attached hydrogens (tertiary/aromatic N) is 2. The zero-order valence-corrected chi connectivity index (χ0v) is 24.9. The summed E-state index contributed by atoms with van der Waals surface area (Å²) in [5.41, 5.74) is 3.19. The second-order valence-corrected chi connectivity index (χ2v) is 12.4. The number of amides is 2. The molecule has 0 aliphatic carbocycles. The van der Waals surface area contributed by atoms with E-state index in [9.17, 15) is 18.0 Å². The summed E-state index contributed by atoms with van der Waals surface area (Å²) in [6, 6.07) is 22.6. The van der Waals surface area contributed by atoms with E-state index in [-0.39, 0.29) is 23.3 Å². The molecule has 0 aromatic heterocycles. The molecule has 0 heterocycles. The molecule has 1 N–H and O–H groups in total. The molecule has 7 nitrogen and oxygen atoms in total. The molecule has 0 fully saturated rings. The highest BCUT2D eigenvalue weighted by Gasteiger charge is 2.33. The Kier molecular flexibility index (Phi) is 10.9. The first-order valence-electron chi connectivity index (χ1n) is 13.8. The molecule has 0 radical (unpaired) electrons. The number of benzene rings is 3. The van der Waals surface area contributed by atoms with Gasteiger partial charge in [-0.1, -0.05) is 87.0 Å². The number of rotatable bonds is 13. The van der Waals surface area contributed by atoms with Crippen LogP contribution in [0.2, 0.25) is 0 Å². The molecule has 0 saturated heterocycles. The summed E-state index contributed by atoms with van der Waals surface area (Å²) < 4.78 is 29.0. The van der Waals surface area contributed by atoms with Crippen molar-refractivity contribution >= 4 is 27.5 Å². The second-order valence-electron chi connectivity index (χ2n) is 10.5. The van der Waals surface area contributed by atoms with Gasteiger partial charge in [0.1, 0.15) is 12.6 Å². The predicted octanol–water partition coefficient (Wildman–Crippen LogP) is 5.12.